The van der Waals surface area contributed by atoms with Crippen LogP contribution in [0.5, 0.6) is 11.5 Å². The van der Waals surface area contributed by atoms with Crippen LogP contribution in [0.15, 0.2) is 65.7 Å². The highest BCUT2D eigenvalue weighted by atomic mass is 19.1. The van der Waals surface area contributed by atoms with Gasteiger partial charge in [0.15, 0.2) is 5.78 Å². The molecule has 3 aromatic carbocycles. The second-order valence-corrected chi connectivity index (χ2v) is 6.89. The largest absolute Gasteiger partial charge is 0.457 e. The summed E-state index contributed by atoms with van der Waals surface area (Å²) in [5, 5.41) is 0.184. The maximum atomic E-state index is 14.0. The molecule has 0 spiro atoms. The van der Waals surface area contributed by atoms with Gasteiger partial charge < -0.3 is 9.30 Å². The number of nitrogens with zero attached hydrogens (tertiary/aromatic N) is 2. The maximum absolute atomic E-state index is 14.0. The zero-order valence-electron chi connectivity index (χ0n) is 18.2. The number of benzene rings is 3. The normalized spacial score (nSPS) is 10.5. The lowest BCUT2D eigenvalue weighted by Crippen LogP contribution is -2.14. The summed E-state index contributed by atoms with van der Waals surface area (Å²) in [6, 6.07) is 12.3. The number of aromatic nitrogens is 2. The number of ether oxygens (including phenoxy) is 1. The molecule has 0 saturated heterocycles. The van der Waals surface area contributed by atoms with Crippen molar-refractivity contribution in [3.05, 3.63) is 99.9 Å². The molecule has 0 aliphatic carbocycles. The second-order valence-electron chi connectivity index (χ2n) is 6.89. The standard InChI is InChI=1S/C23H15F3N2O3.C2H6/c1-13(29)14-2-4-16(5-3-14)31-17-6-7-22-18(10-17)23(30)27-12-28(22)11-19-20(25)8-15(24)9-21(19)26;1-2/h2-10,12H,11H2,1H3;1-2H3. The first-order chi connectivity index (χ1) is 15.8. The van der Waals surface area contributed by atoms with Crippen LogP contribution in [0.2, 0.25) is 0 Å². The fourth-order valence-corrected chi connectivity index (χ4v) is 3.17. The molecule has 0 aliphatic heterocycles. The minimum absolute atomic E-state index is 0.0714. The third kappa shape index (κ3) is 5.28. The summed E-state index contributed by atoms with van der Waals surface area (Å²) in [4.78, 5) is 27.4. The molecule has 0 aliphatic rings. The van der Waals surface area contributed by atoms with Crippen LogP contribution in [0.3, 0.4) is 0 Å². The smallest absolute Gasteiger partial charge is 0.280 e. The summed E-state index contributed by atoms with van der Waals surface area (Å²) in [5.41, 5.74) is 0.0309. The Morgan fingerprint density at radius 2 is 1.55 bits per heavy atom. The van der Waals surface area contributed by atoms with Gasteiger partial charge in [-0.1, -0.05) is 13.8 Å². The minimum Gasteiger partial charge on any atom is -0.457 e. The van der Waals surface area contributed by atoms with Gasteiger partial charge in [0, 0.05) is 23.3 Å². The van der Waals surface area contributed by atoms with Crippen LogP contribution in [0.1, 0.15) is 36.7 Å². The van der Waals surface area contributed by atoms with E-state index >= 15 is 0 Å². The van der Waals surface area contributed by atoms with E-state index in [1.807, 2.05) is 13.8 Å². The van der Waals surface area contributed by atoms with Gasteiger partial charge in [0.25, 0.3) is 5.56 Å². The SMILES string of the molecule is CC.CC(=O)c1ccc(Oc2ccc3c(c2)c(=O)ncn3Cc2c(F)cc(F)cc2F)cc1. The van der Waals surface area contributed by atoms with Crippen molar-refractivity contribution in [2.24, 2.45) is 0 Å². The van der Waals surface area contributed by atoms with Gasteiger partial charge in [0.1, 0.15) is 29.0 Å². The van der Waals surface area contributed by atoms with Crippen molar-refractivity contribution in [1.82, 2.24) is 9.55 Å². The fourth-order valence-electron chi connectivity index (χ4n) is 3.17. The van der Waals surface area contributed by atoms with Crippen molar-refractivity contribution >= 4 is 16.7 Å². The van der Waals surface area contributed by atoms with Gasteiger partial charge >= 0.3 is 0 Å². The molecule has 1 heterocycles. The zero-order chi connectivity index (χ0) is 24.1. The van der Waals surface area contributed by atoms with Crippen molar-refractivity contribution in [3.63, 3.8) is 0 Å². The highest BCUT2D eigenvalue weighted by Gasteiger charge is 2.14. The summed E-state index contributed by atoms with van der Waals surface area (Å²) in [6.07, 6.45) is 1.17. The zero-order valence-corrected chi connectivity index (χ0v) is 18.2. The van der Waals surface area contributed by atoms with Crippen LogP contribution in [-0.2, 0) is 6.54 Å². The van der Waals surface area contributed by atoms with E-state index < -0.39 is 23.0 Å². The summed E-state index contributed by atoms with van der Waals surface area (Å²) in [6.45, 7) is 5.18. The Morgan fingerprint density at radius 1 is 0.939 bits per heavy atom. The van der Waals surface area contributed by atoms with E-state index in [1.165, 1.54) is 23.9 Å². The molecule has 0 bridgehead atoms. The highest BCUT2D eigenvalue weighted by molar-refractivity contribution is 5.94. The monoisotopic (exact) mass is 454 g/mol. The summed E-state index contributed by atoms with van der Waals surface area (Å²) in [7, 11) is 0. The molecule has 33 heavy (non-hydrogen) atoms. The van der Waals surface area contributed by atoms with Gasteiger partial charge in [-0.25, -0.2) is 13.2 Å². The minimum atomic E-state index is -1.03. The molecular weight excluding hydrogens is 433 g/mol. The number of rotatable bonds is 5. The molecule has 4 rings (SSSR count). The van der Waals surface area contributed by atoms with Crippen molar-refractivity contribution in [2.45, 2.75) is 27.3 Å². The molecule has 1 aromatic heterocycles. The predicted octanol–water partition coefficient (Wildman–Crippen LogP) is 5.88. The number of hydrogen-bond acceptors (Lipinski definition) is 4. The van der Waals surface area contributed by atoms with Crippen molar-refractivity contribution in [1.29, 1.82) is 0 Å². The van der Waals surface area contributed by atoms with E-state index in [9.17, 15) is 22.8 Å². The molecule has 8 heteroatoms. The van der Waals surface area contributed by atoms with Crippen LogP contribution >= 0.6 is 0 Å². The average Bonchev–Trinajstić information content (AvgIpc) is 2.79. The Hall–Kier alpha value is -3.94. The van der Waals surface area contributed by atoms with Gasteiger partial charge in [-0.15, -0.1) is 0 Å². The molecule has 0 atom stereocenters. The molecule has 0 N–H and O–H groups in total. The second kappa shape index (κ2) is 10.1. The first kappa shape index (κ1) is 23.7. The third-order valence-corrected chi connectivity index (χ3v) is 4.75. The van der Waals surface area contributed by atoms with E-state index in [1.54, 1.807) is 36.4 Å². The molecule has 170 valence electrons. The van der Waals surface area contributed by atoms with Crippen LogP contribution in [0, 0.1) is 17.5 Å². The van der Waals surface area contributed by atoms with Crippen LogP contribution in [0.4, 0.5) is 13.2 Å². The molecular formula is C25H21F3N2O3. The van der Waals surface area contributed by atoms with E-state index in [-0.39, 0.29) is 23.3 Å². The van der Waals surface area contributed by atoms with Crippen molar-refractivity contribution in [2.75, 3.05) is 0 Å². The van der Waals surface area contributed by atoms with Gasteiger partial charge in [0.2, 0.25) is 0 Å². The predicted molar refractivity (Wildman–Crippen MR) is 119 cm³/mol. The maximum Gasteiger partial charge on any atom is 0.280 e. The molecule has 0 unspecified atom stereocenters. The van der Waals surface area contributed by atoms with E-state index in [0.29, 0.717) is 34.7 Å². The van der Waals surface area contributed by atoms with Crippen LogP contribution in [-0.4, -0.2) is 15.3 Å². The van der Waals surface area contributed by atoms with Gasteiger partial charge in [-0.3, -0.25) is 9.59 Å². The van der Waals surface area contributed by atoms with Gasteiger partial charge in [-0.05, 0) is 49.4 Å². The summed E-state index contributed by atoms with van der Waals surface area (Å²) < 4.78 is 48.4. The van der Waals surface area contributed by atoms with Gasteiger partial charge in [-0.2, -0.15) is 4.98 Å². The van der Waals surface area contributed by atoms with Crippen molar-refractivity contribution in [3.8, 4) is 11.5 Å². The number of hydrogen-bond donors (Lipinski definition) is 0. The Morgan fingerprint density at radius 3 is 2.15 bits per heavy atom. The Bertz CT molecular complexity index is 1340. The lowest BCUT2D eigenvalue weighted by molar-refractivity contribution is 0.101. The van der Waals surface area contributed by atoms with E-state index in [2.05, 4.69) is 4.98 Å². The number of carbonyl (C=O) groups excluding carboxylic acids is 1. The summed E-state index contributed by atoms with van der Waals surface area (Å²) >= 11 is 0. The average molecular weight is 454 g/mol. The van der Waals surface area contributed by atoms with E-state index in [0.717, 1.165) is 0 Å². The van der Waals surface area contributed by atoms with Crippen LogP contribution in [0.25, 0.3) is 10.9 Å². The Labute approximate surface area is 188 Å². The lowest BCUT2D eigenvalue weighted by atomic mass is 10.1. The molecule has 0 amide bonds. The molecule has 5 nitrogen and oxygen atoms in total. The van der Waals surface area contributed by atoms with Crippen LogP contribution < -0.4 is 10.3 Å². The highest BCUT2D eigenvalue weighted by Crippen LogP contribution is 2.25. The fraction of sp³-hybridized carbons (Fsp3) is 0.160. The Kier molecular flexibility index (Phi) is 7.27. The molecule has 4 aromatic rings. The first-order valence-electron chi connectivity index (χ1n) is 10.2. The van der Waals surface area contributed by atoms with Gasteiger partial charge in [0.05, 0.1) is 23.8 Å². The summed E-state index contributed by atoms with van der Waals surface area (Å²) in [5.74, 6) is -2.34. The number of carbonyl (C=O) groups is 1. The van der Waals surface area contributed by atoms with Crippen molar-refractivity contribution < 1.29 is 22.7 Å². The molecule has 0 saturated carbocycles. The third-order valence-electron chi connectivity index (χ3n) is 4.75. The number of Topliss-reactive ketones (excluding diaryl/α,β-unsaturated/α-hetero) is 1. The Balaban J connectivity index is 0.00000149. The van der Waals surface area contributed by atoms with E-state index in [4.69, 9.17) is 4.74 Å². The number of halogens is 3. The lowest BCUT2D eigenvalue weighted by Gasteiger charge is -2.13. The topological polar surface area (TPSA) is 61.2 Å². The molecule has 0 radical (unpaired) electrons. The first-order valence-corrected chi connectivity index (χ1v) is 10.2. The number of ketones is 1. The molecule has 0 fully saturated rings. The number of fused-ring (bicyclic) bond motifs is 1. The quantitative estimate of drug-likeness (QED) is 0.353.